The third-order valence-corrected chi connectivity index (χ3v) is 3.84. The molecule has 1 unspecified atom stereocenters. The SMILES string of the molecule is CC(Nc1ccc2c(c1)OCC(=O)N2)c1nc(-c2ccccc2)no1. The highest BCUT2D eigenvalue weighted by Crippen LogP contribution is 2.32. The third kappa shape index (κ3) is 3.16. The van der Waals surface area contributed by atoms with Crippen molar-refractivity contribution < 1.29 is 14.1 Å². The molecule has 1 atom stereocenters. The van der Waals surface area contributed by atoms with E-state index < -0.39 is 0 Å². The van der Waals surface area contributed by atoms with E-state index in [1.807, 2.05) is 49.4 Å². The zero-order chi connectivity index (χ0) is 17.2. The van der Waals surface area contributed by atoms with Crippen LogP contribution in [0.5, 0.6) is 5.75 Å². The van der Waals surface area contributed by atoms with E-state index in [1.54, 1.807) is 6.07 Å². The molecule has 2 heterocycles. The van der Waals surface area contributed by atoms with Gasteiger partial charge in [-0.2, -0.15) is 4.98 Å². The number of hydrogen-bond acceptors (Lipinski definition) is 6. The summed E-state index contributed by atoms with van der Waals surface area (Å²) in [6.45, 7) is 1.96. The van der Waals surface area contributed by atoms with E-state index in [0.717, 1.165) is 11.3 Å². The van der Waals surface area contributed by atoms with Gasteiger partial charge >= 0.3 is 0 Å². The molecule has 126 valence electrons. The minimum Gasteiger partial charge on any atom is -0.482 e. The van der Waals surface area contributed by atoms with Gasteiger partial charge in [-0.3, -0.25) is 4.79 Å². The van der Waals surface area contributed by atoms with Crippen molar-refractivity contribution >= 4 is 17.3 Å². The maximum absolute atomic E-state index is 11.3. The number of fused-ring (bicyclic) bond motifs is 1. The number of anilines is 2. The molecule has 25 heavy (non-hydrogen) atoms. The second-order valence-corrected chi connectivity index (χ2v) is 5.74. The number of rotatable bonds is 4. The average Bonchev–Trinajstić information content (AvgIpc) is 3.13. The fraction of sp³-hybridized carbons (Fsp3) is 0.167. The highest BCUT2D eigenvalue weighted by molar-refractivity contribution is 5.95. The molecule has 0 saturated carbocycles. The van der Waals surface area contributed by atoms with E-state index >= 15 is 0 Å². The fourth-order valence-corrected chi connectivity index (χ4v) is 2.59. The molecule has 0 saturated heterocycles. The highest BCUT2D eigenvalue weighted by Gasteiger charge is 2.18. The Hall–Kier alpha value is -3.35. The van der Waals surface area contributed by atoms with Gasteiger partial charge in [0.1, 0.15) is 11.8 Å². The normalized spacial score (nSPS) is 14.2. The van der Waals surface area contributed by atoms with Gasteiger partial charge < -0.3 is 19.9 Å². The second-order valence-electron chi connectivity index (χ2n) is 5.74. The molecule has 1 aliphatic rings. The highest BCUT2D eigenvalue weighted by atomic mass is 16.5. The van der Waals surface area contributed by atoms with Crippen LogP contribution in [0.4, 0.5) is 11.4 Å². The molecule has 3 aromatic rings. The van der Waals surface area contributed by atoms with Crippen molar-refractivity contribution in [2.24, 2.45) is 0 Å². The molecule has 7 heteroatoms. The van der Waals surface area contributed by atoms with Crippen LogP contribution in [0.3, 0.4) is 0 Å². The van der Waals surface area contributed by atoms with Gasteiger partial charge in [0, 0.05) is 17.3 Å². The summed E-state index contributed by atoms with van der Waals surface area (Å²) in [6.07, 6.45) is 0. The lowest BCUT2D eigenvalue weighted by atomic mass is 10.2. The van der Waals surface area contributed by atoms with E-state index in [1.165, 1.54) is 0 Å². The average molecular weight is 336 g/mol. The number of amides is 1. The number of aromatic nitrogens is 2. The van der Waals surface area contributed by atoms with Gasteiger partial charge in [0.15, 0.2) is 6.61 Å². The molecule has 0 aliphatic carbocycles. The van der Waals surface area contributed by atoms with Crippen LogP contribution in [-0.4, -0.2) is 22.7 Å². The molecule has 7 nitrogen and oxygen atoms in total. The maximum atomic E-state index is 11.3. The van der Waals surface area contributed by atoms with Gasteiger partial charge in [0.25, 0.3) is 5.91 Å². The number of benzene rings is 2. The van der Waals surface area contributed by atoms with Crippen LogP contribution >= 0.6 is 0 Å². The van der Waals surface area contributed by atoms with Crippen LogP contribution < -0.4 is 15.4 Å². The summed E-state index contributed by atoms with van der Waals surface area (Å²) in [5.41, 5.74) is 2.41. The maximum Gasteiger partial charge on any atom is 0.262 e. The number of nitrogens with one attached hydrogen (secondary N) is 2. The lowest BCUT2D eigenvalue weighted by Crippen LogP contribution is -2.25. The molecular formula is C18H16N4O3. The van der Waals surface area contributed by atoms with Crippen molar-refractivity contribution in [3.63, 3.8) is 0 Å². The van der Waals surface area contributed by atoms with E-state index in [0.29, 0.717) is 23.2 Å². The number of ether oxygens (including phenoxy) is 1. The van der Waals surface area contributed by atoms with Gasteiger partial charge in [0.2, 0.25) is 11.7 Å². The van der Waals surface area contributed by atoms with E-state index in [-0.39, 0.29) is 18.6 Å². The quantitative estimate of drug-likeness (QED) is 0.760. The lowest BCUT2D eigenvalue weighted by Gasteiger charge is -2.19. The summed E-state index contributed by atoms with van der Waals surface area (Å²) in [6, 6.07) is 15.0. The predicted octanol–water partition coefficient (Wildman–Crippen LogP) is 3.24. The standard InChI is InChI=1S/C18H16N4O3/c1-11(18-21-17(22-25-18)12-5-3-2-4-6-12)19-13-7-8-14-15(9-13)24-10-16(23)20-14/h2-9,11,19H,10H2,1H3,(H,20,23). The molecule has 2 aromatic carbocycles. The van der Waals surface area contributed by atoms with Crippen molar-refractivity contribution in [1.82, 2.24) is 10.1 Å². The summed E-state index contributed by atoms with van der Waals surface area (Å²) >= 11 is 0. The Morgan fingerprint density at radius 1 is 1.20 bits per heavy atom. The summed E-state index contributed by atoms with van der Waals surface area (Å²) in [5.74, 6) is 1.53. The van der Waals surface area contributed by atoms with Crippen LogP contribution in [0.15, 0.2) is 53.1 Å². The molecule has 0 radical (unpaired) electrons. The summed E-state index contributed by atoms with van der Waals surface area (Å²) < 4.78 is 10.8. The number of carbonyl (C=O) groups is 1. The molecule has 0 fully saturated rings. The van der Waals surface area contributed by atoms with Crippen LogP contribution in [0, 0.1) is 0 Å². The first kappa shape index (κ1) is 15.2. The fourth-order valence-electron chi connectivity index (χ4n) is 2.59. The molecule has 0 bridgehead atoms. The molecule has 1 aliphatic heterocycles. The Labute approximate surface area is 144 Å². The minimum absolute atomic E-state index is 0.0239. The minimum atomic E-state index is -0.179. The van der Waals surface area contributed by atoms with E-state index in [4.69, 9.17) is 9.26 Å². The summed E-state index contributed by atoms with van der Waals surface area (Å²) in [4.78, 5) is 15.8. The topological polar surface area (TPSA) is 89.3 Å². The zero-order valence-corrected chi connectivity index (χ0v) is 13.5. The van der Waals surface area contributed by atoms with Gasteiger partial charge in [0.05, 0.1) is 5.69 Å². The van der Waals surface area contributed by atoms with Crippen LogP contribution in [0.25, 0.3) is 11.4 Å². The van der Waals surface area contributed by atoms with Crippen molar-refractivity contribution in [3.8, 4) is 17.1 Å². The molecule has 2 N–H and O–H groups in total. The molecule has 0 spiro atoms. The van der Waals surface area contributed by atoms with Crippen molar-refractivity contribution in [2.45, 2.75) is 13.0 Å². The number of nitrogens with zero attached hydrogens (tertiary/aromatic N) is 2. The molecular weight excluding hydrogens is 320 g/mol. The van der Waals surface area contributed by atoms with Gasteiger partial charge in [-0.25, -0.2) is 0 Å². The predicted molar refractivity (Wildman–Crippen MR) is 92.3 cm³/mol. The van der Waals surface area contributed by atoms with Crippen molar-refractivity contribution in [1.29, 1.82) is 0 Å². The van der Waals surface area contributed by atoms with Crippen LogP contribution in [-0.2, 0) is 4.79 Å². The van der Waals surface area contributed by atoms with Crippen LogP contribution in [0.1, 0.15) is 18.9 Å². The van der Waals surface area contributed by atoms with Crippen LogP contribution in [0.2, 0.25) is 0 Å². The molecule has 4 rings (SSSR count). The molecule has 1 amide bonds. The van der Waals surface area contributed by atoms with Gasteiger partial charge in [-0.05, 0) is 19.1 Å². The van der Waals surface area contributed by atoms with E-state index in [9.17, 15) is 4.79 Å². The monoisotopic (exact) mass is 336 g/mol. The van der Waals surface area contributed by atoms with Gasteiger partial charge in [-0.15, -0.1) is 0 Å². The first-order valence-corrected chi connectivity index (χ1v) is 7.91. The second kappa shape index (κ2) is 6.27. The Kier molecular flexibility index (Phi) is 3.81. The first-order chi connectivity index (χ1) is 12.2. The summed E-state index contributed by atoms with van der Waals surface area (Å²) in [5, 5.41) is 10.1. The Bertz CT molecular complexity index is 908. The largest absolute Gasteiger partial charge is 0.482 e. The smallest absolute Gasteiger partial charge is 0.262 e. The van der Waals surface area contributed by atoms with Crippen molar-refractivity contribution in [2.75, 3.05) is 17.2 Å². The molecule has 1 aromatic heterocycles. The Morgan fingerprint density at radius 2 is 2.04 bits per heavy atom. The lowest BCUT2D eigenvalue weighted by molar-refractivity contribution is -0.118. The number of hydrogen-bond donors (Lipinski definition) is 2. The zero-order valence-electron chi connectivity index (χ0n) is 13.5. The number of carbonyl (C=O) groups excluding carboxylic acids is 1. The van der Waals surface area contributed by atoms with Crippen molar-refractivity contribution in [3.05, 3.63) is 54.4 Å². The first-order valence-electron chi connectivity index (χ1n) is 7.91. The third-order valence-electron chi connectivity index (χ3n) is 3.84. The van der Waals surface area contributed by atoms with E-state index in [2.05, 4.69) is 20.8 Å². The van der Waals surface area contributed by atoms with Gasteiger partial charge in [-0.1, -0.05) is 35.5 Å². The summed E-state index contributed by atoms with van der Waals surface area (Å²) in [7, 11) is 0. The Balaban J connectivity index is 1.50. The Morgan fingerprint density at radius 3 is 2.88 bits per heavy atom.